The van der Waals surface area contributed by atoms with Crippen LogP contribution in [0.4, 0.5) is 0 Å². The van der Waals surface area contributed by atoms with Crippen LogP contribution in [0, 0.1) is 52.3 Å². The van der Waals surface area contributed by atoms with E-state index < -0.39 is 0 Å². The van der Waals surface area contributed by atoms with Gasteiger partial charge in [-0.05, 0) is 116 Å². The minimum atomic E-state index is -0.0790. The van der Waals surface area contributed by atoms with Crippen molar-refractivity contribution in [2.24, 2.45) is 52.3 Å². The number of hydrogen-bond donors (Lipinski definition) is 2. The van der Waals surface area contributed by atoms with Crippen molar-refractivity contribution in [2.75, 3.05) is 0 Å². The van der Waals surface area contributed by atoms with E-state index >= 15 is 0 Å². The van der Waals surface area contributed by atoms with Gasteiger partial charge in [0.2, 0.25) is 0 Å². The van der Waals surface area contributed by atoms with E-state index in [4.69, 9.17) is 5.11 Å². The molecule has 0 radical (unpaired) electrons. The van der Waals surface area contributed by atoms with Gasteiger partial charge in [0.25, 0.3) is 0 Å². The lowest BCUT2D eigenvalue weighted by molar-refractivity contribution is -0.0574. The molecule has 3 fully saturated rings. The third kappa shape index (κ3) is 14.1. The molecule has 0 saturated heterocycles. The van der Waals surface area contributed by atoms with Crippen molar-refractivity contribution in [3.8, 4) is 0 Å². The fourth-order valence-electron chi connectivity index (χ4n) is 11.9. The summed E-state index contributed by atoms with van der Waals surface area (Å²) in [6.07, 6.45) is 45.4. The molecule has 2 heteroatoms. The minimum Gasteiger partial charge on any atom is -0.516 e. The summed E-state index contributed by atoms with van der Waals surface area (Å²) in [5.41, 5.74) is 2.59. The van der Waals surface area contributed by atoms with Crippen molar-refractivity contribution >= 4 is 0 Å². The first-order chi connectivity index (χ1) is 25.1. The largest absolute Gasteiger partial charge is 0.516 e. The number of hydrogen-bond acceptors (Lipinski definition) is 2. The molecule has 0 aromatic heterocycles. The van der Waals surface area contributed by atoms with Crippen LogP contribution < -0.4 is 0 Å². The van der Waals surface area contributed by atoms with Crippen LogP contribution in [0.1, 0.15) is 235 Å². The van der Waals surface area contributed by atoms with E-state index in [0.29, 0.717) is 10.8 Å². The molecule has 4 aliphatic carbocycles. The molecule has 2 nitrogen and oxygen atoms in total. The molecule has 52 heavy (non-hydrogen) atoms. The van der Waals surface area contributed by atoms with Crippen molar-refractivity contribution < 1.29 is 10.2 Å². The van der Waals surface area contributed by atoms with E-state index in [2.05, 4.69) is 54.5 Å². The highest BCUT2D eigenvalue weighted by Crippen LogP contribution is 2.67. The summed E-state index contributed by atoms with van der Waals surface area (Å²) in [7, 11) is 0. The average molecular weight is 725 g/mol. The standard InChI is InChI=1S/C28H48O.C22H44O/c1-18(2)19(3)7-8-20(4)24-11-12-25-23-10-9-21-17-22(29)13-15-27(21,5)26(23)14-16-28(24,25)6;1-2-3-4-5-6-7-8-9-10-11-12-13-14-15-16-17-18-19-20-21-22-23/h9,18-20,22-26,29H,7-8,10-17H2,1-6H3;21-23H,2-20H2,1H3/b;22-21+/t19-,20+,22?,23-,24+,25-,26-,27-,28+;/m0./s1. The number of fused-ring (bicyclic) bond motifs is 5. The number of aliphatic hydroxyl groups is 2. The Morgan fingerprint density at radius 2 is 1.25 bits per heavy atom. The summed E-state index contributed by atoms with van der Waals surface area (Å²) in [6.45, 7) is 17.4. The summed E-state index contributed by atoms with van der Waals surface area (Å²) >= 11 is 0. The molecule has 4 aliphatic rings. The van der Waals surface area contributed by atoms with Gasteiger partial charge in [-0.1, -0.05) is 188 Å². The van der Waals surface area contributed by atoms with E-state index in [1.165, 1.54) is 173 Å². The van der Waals surface area contributed by atoms with Crippen molar-refractivity contribution in [1.82, 2.24) is 0 Å². The lowest BCUT2D eigenvalue weighted by atomic mass is 9.47. The molecule has 3 saturated carbocycles. The summed E-state index contributed by atoms with van der Waals surface area (Å²) in [5, 5.41) is 18.8. The molecule has 9 atom stereocenters. The highest BCUT2D eigenvalue weighted by molar-refractivity contribution is 5.25. The van der Waals surface area contributed by atoms with E-state index in [0.717, 1.165) is 60.7 Å². The van der Waals surface area contributed by atoms with Crippen LogP contribution in [0.15, 0.2) is 24.0 Å². The number of rotatable bonds is 24. The molecule has 0 amide bonds. The quantitative estimate of drug-likeness (QED) is 0.0591. The first-order valence-electron chi connectivity index (χ1n) is 23.7. The first kappa shape index (κ1) is 45.6. The van der Waals surface area contributed by atoms with Crippen molar-refractivity contribution in [2.45, 2.75) is 241 Å². The molecule has 0 aromatic rings. The van der Waals surface area contributed by atoms with Crippen molar-refractivity contribution in [3.05, 3.63) is 24.0 Å². The Balaban J connectivity index is 0.000000290. The van der Waals surface area contributed by atoms with Crippen molar-refractivity contribution in [1.29, 1.82) is 0 Å². The lowest BCUT2D eigenvalue weighted by Gasteiger charge is -2.58. The average Bonchev–Trinajstić information content (AvgIpc) is 3.49. The molecule has 0 spiro atoms. The molecule has 304 valence electrons. The third-order valence-corrected chi connectivity index (χ3v) is 15.9. The Kier molecular flexibility index (Phi) is 21.7. The molecule has 0 heterocycles. The Morgan fingerprint density at radius 3 is 1.79 bits per heavy atom. The van der Waals surface area contributed by atoms with E-state index in [1.807, 2.05) is 6.08 Å². The topological polar surface area (TPSA) is 40.5 Å². The molecule has 0 bridgehead atoms. The predicted octanol–water partition coefficient (Wildman–Crippen LogP) is 16.1. The van der Waals surface area contributed by atoms with Crippen LogP contribution in [0.3, 0.4) is 0 Å². The number of unbranched alkanes of at least 4 members (excludes halogenated alkanes) is 18. The van der Waals surface area contributed by atoms with Gasteiger partial charge in [0.05, 0.1) is 12.4 Å². The molecule has 4 rings (SSSR count). The van der Waals surface area contributed by atoms with Gasteiger partial charge >= 0.3 is 0 Å². The summed E-state index contributed by atoms with van der Waals surface area (Å²) in [6, 6.07) is 0. The summed E-state index contributed by atoms with van der Waals surface area (Å²) in [5.74, 6) is 6.24. The number of aliphatic hydroxyl groups excluding tert-OH is 2. The highest BCUT2D eigenvalue weighted by atomic mass is 16.3. The van der Waals surface area contributed by atoms with Gasteiger partial charge in [0.1, 0.15) is 0 Å². The fraction of sp³-hybridized carbons (Fsp3) is 0.920. The normalized spacial score (nSPS) is 31.0. The van der Waals surface area contributed by atoms with E-state index in [1.54, 1.807) is 5.57 Å². The molecule has 2 N–H and O–H groups in total. The maximum atomic E-state index is 10.2. The van der Waals surface area contributed by atoms with E-state index in [-0.39, 0.29) is 6.10 Å². The second kappa shape index (κ2) is 24.7. The second-order valence-corrected chi connectivity index (χ2v) is 19.8. The molecule has 0 aromatic carbocycles. The van der Waals surface area contributed by atoms with Gasteiger partial charge in [-0.15, -0.1) is 0 Å². The molecule has 1 unspecified atom stereocenters. The van der Waals surface area contributed by atoms with Crippen molar-refractivity contribution in [3.63, 3.8) is 0 Å². The van der Waals surface area contributed by atoms with Crippen LogP contribution >= 0.6 is 0 Å². The van der Waals surface area contributed by atoms with Gasteiger partial charge in [-0.3, -0.25) is 0 Å². The molecular weight excluding hydrogens is 633 g/mol. The van der Waals surface area contributed by atoms with Crippen LogP contribution in [0.25, 0.3) is 0 Å². The Labute approximate surface area is 326 Å². The van der Waals surface area contributed by atoms with Crippen LogP contribution in [0.2, 0.25) is 0 Å². The highest BCUT2D eigenvalue weighted by Gasteiger charge is 2.59. The minimum absolute atomic E-state index is 0.0790. The molecule has 0 aliphatic heterocycles. The van der Waals surface area contributed by atoms with Crippen LogP contribution in [0.5, 0.6) is 0 Å². The van der Waals surface area contributed by atoms with Crippen LogP contribution in [-0.4, -0.2) is 16.3 Å². The first-order valence-corrected chi connectivity index (χ1v) is 23.7. The monoisotopic (exact) mass is 725 g/mol. The zero-order valence-corrected chi connectivity index (χ0v) is 36.3. The Hall–Kier alpha value is -0.760. The Morgan fingerprint density at radius 1 is 0.692 bits per heavy atom. The van der Waals surface area contributed by atoms with Gasteiger partial charge in [-0.2, -0.15) is 0 Å². The SMILES string of the molecule is CC(C)[C@@H](C)CC[C@@H](C)[C@H]1CC[C@H]2[C@@H]3CC=C4CC(O)CC[C@]4(C)[C@H]3CC[C@]12C.CCCCCCCCCCCCCCCCCCCC/C=C/O. The zero-order chi connectivity index (χ0) is 37.8. The zero-order valence-electron chi connectivity index (χ0n) is 36.3. The number of allylic oxidation sites excluding steroid dienone is 2. The fourth-order valence-corrected chi connectivity index (χ4v) is 11.9. The maximum Gasteiger partial charge on any atom is 0.0751 e. The van der Waals surface area contributed by atoms with E-state index in [9.17, 15) is 5.11 Å². The van der Waals surface area contributed by atoms with Crippen LogP contribution in [-0.2, 0) is 0 Å². The predicted molar refractivity (Wildman–Crippen MR) is 229 cm³/mol. The van der Waals surface area contributed by atoms with Gasteiger partial charge in [0.15, 0.2) is 0 Å². The van der Waals surface area contributed by atoms with Gasteiger partial charge in [0, 0.05) is 0 Å². The second-order valence-electron chi connectivity index (χ2n) is 19.8. The summed E-state index contributed by atoms with van der Waals surface area (Å²) in [4.78, 5) is 0. The smallest absolute Gasteiger partial charge is 0.0751 e. The van der Waals surface area contributed by atoms with Gasteiger partial charge < -0.3 is 10.2 Å². The third-order valence-electron chi connectivity index (χ3n) is 15.9. The molecular formula is C50H92O2. The Bertz CT molecular complexity index is 981. The maximum absolute atomic E-state index is 10.2. The lowest BCUT2D eigenvalue weighted by Crippen LogP contribution is -2.50. The summed E-state index contributed by atoms with van der Waals surface area (Å²) < 4.78 is 0. The van der Waals surface area contributed by atoms with Gasteiger partial charge in [-0.25, -0.2) is 0 Å².